The number of hydrogen-bond donors (Lipinski definition) is 4. The van der Waals surface area contributed by atoms with Gasteiger partial charge in [-0.05, 0) is 12.8 Å². The summed E-state index contributed by atoms with van der Waals surface area (Å²) in [6.45, 7) is 0. The molecular formula is C15H22N4O9. The topological polar surface area (TPSA) is 242 Å². The highest BCUT2D eigenvalue weighted by Gasteiger charge is 2.25. The van der Waals surface area contributed by atoms with Crippen molar-refractivity contribution < 1.29 is 43.0 Å². The zero-order chi connectivity index (χ0) is 21.9. The Morgan fingerprint density at radius 2 is 1.07 bits per heavy atom. The Bertz CT molecular complexity index is 662. The zero-order valence-corrected chi connectivity index (χ0v) is 14.9. The summed E-state index contributed by atoms with van der Waals surface area (Å²) in [5.41, 5.74) is 20.5. The Labute approximate surface area is 159 Å². The summed E-state index contributed by atoms with van der Waals surface area (Å²) in [6.07, 6.45) is -2.09. The zero-order valence-electron chi connectivity index (χ0n) is 14.9. The monoisotopic (exact) mass is 402 g/mol. The van der Waals surface area contributed by atoms with Crippen LogP contribution < -0.4 is 22.9 Å². The first kappa shape index (κ1) is 24.8. The Hall–Kier alpha value is -3.19. The van der Waals surface area contributed by atoms with Gasteiger partial charge in [0.15, 0.2) is 0 Å². The molecule has 0 rings (SSSR count). The molecule has 28 heavy (non-hydrogen) atoms. The molecule has 0 unspecified atom stereocenters. The molecule has 13 nitrogen and oxygen atoms in total. The van der Waals surface area contributed by atoms with E-state index in [2.05, 4.69) is 9.47 Å². The van der Waals surface area contributed by atoms with E-state index in [1.54, 1.807) is 0 Å². The molecule has 0 fully saturated rings. The Kier molecular flexibility index (Phi) is 10.8. The summed E-state index contributed by atoms with van der Waals surface area (Å²) < 4.78 is 8.58. The molecule has 13 heteroatoms. The summed E-state index contributed by atoms with van der Waals surface area (Å²) >= 11 is 0. The smallest absolute Gasteiger partial charge is 0.382 e. The van der Waals surface area contributed by atoms with E-state index in [1.165, 1.54) is 0 Å². The second-order valence-electron chi connectivity index (χ2n) is 5.65. The van der Waals surface area contributed by atoms with Gasteiger partial charge in [-0.3, -0.25) is 19.2 Å². The third-order valence-corrected chi connectivity index (χ3v) is 3.20. The number of esters is 4. The van der Waals surface area contributed by atoms with Gasteiger partial charge in [-0.2, -0.15) is 0 Å². The molecule has 8 N–H and O–H groups in total. The minimum absolute atomic E-state index is 0.134. The number of carbonyl (C=O) groups excluding carboxylic acids is 7. The van der Waals surface area contributed by atoms with Gasteiger partial charge in [-0.1, -0.05) is 0 Å². The molecule has 0 heterocycles. The summed E-state index contributed by atoms with van der Waals surface area (Å²) in [4.78, 5) is 78.6. The van der Waals surface area contributed by atoms with Gasteiger partial charge in [0.2, 0.25) is 17.6 Å². The molecule has 0 aromatic heterocycles. The van der Waals surface area contributed by atoms with Crippen molar-refractivity contribution in [3.05, 3.63) is 0 Å². The quantitative estimate of drug-likeness (QED) is 0.143. The van der Waals surface area contributed by atoms with Crippen molar-refractivity contribution in [3.63, 3.8) is 0 Å². The molecule has 0 spiro atoms. The van der Waals surface area contributed by atoms with E-state index in [-0.39, 0.29) is 25.7 Å². The lowest BCUT2D eigenvalue weighted by Crippen LogP contribution is -2.36. The molecule has 0 saturated heterocycles. The van der Waals surface area contributed by atoms with Crippen LogP contribution >= 0.6 is 0 Å². The van der Waals surface area contributed by atoms with Crippen LogP contribution in [0.4, 0.5) is 0 Å². The van der Waals surface area contributed by atoms with Crippen molar-refractivity contribution in [2.24, 2.45) is 22.9 Å². The minimum Gasteiger partial charge on any atom is -0.392 e. The predicted octanol–water partition coefficient (Wildman–Crippen LogP) is -3.34. The number of ether oxygens (including phenoxy) is 2. The SMILES string of the molecule is NC(=O)CC[C@H](N)C(=O)OC(=O)CCC(=O)C(=O)OC(=O)[C@@H](N)CCC(N)=O. The number of primary amides is 2. The van der Waals surface area contributed by atoms with E-state index in [4.69, 9.17) is 22.9 Å². The molecule has 2 amide bonds. The lowest BCUT2D eigenvalue weighted by Gasteiger charge is -2.09. The molecule has 0 aliphatic carbocycles. The average molecular weight is 402 g/mol. The number of nitrogens with two attached hydrogens (primary N) is 4. The van der Waals surface area contributed by atoms with Crippen molar-refractivity contribution in [3.8, 4) is 0 Å². The fourth-order valence-corrected chi connectivity index (χ4v) is 1.61. The number of hydrogen-bond acceptors (Lipinski definition) is 11. The highest BCUT2D eigenvalue weighted by Crippen LogP contribution is 2.03. The van der Waals surface area contributed by atoms with Gasteiger partial charge in [0.05, 0.1) is 6.42 Å². The van der Waals surface area contributed by atoms with Gasteiger partial charge in [-0.15, -0.1) is 0 Å². The maximum absolute atomic E-state index is 11.6. The maximum Gasteiger partial charge on any atom is 0.382 e. The van der Waals surface area contributed by atoms with Crippen LogP contribution in [0.2, 0.25) is 0 Å². The first-order chi connectivity index (χ1) is 12.9. The largest absolute Gasteiger partial charge is 0.392 e. The van der Waals surface area contributed by atoms with E-state index in [0.29, 0.717) is 0 Å². The second kappa shape index (κ2) is 12.2. The number of carbonyl (C=O) groups is 7. The summed E-state index contributed by atoms with van der Waals surface area (Å²) in [7, 11) is 0. The lowest BCUT2D eigenvalue weighted by atomic mass is 10.1. The Morgan fingerprint density at radius 1 is 0.643 bits per heavy atom. The van der Waals surface area contributed by atoms with Crippen LogP contribution in [0.25, 0.3) is 0 Å². The van der Waals surface area contributed by atoms with Crippen LogP contribution in [0.15, 0.2) is 0 Å². The molecule has 0 aliphatic heterocycles. The van der Waals surface area contributed by atoms with Crippen molar-refractivity contribution >= 4 is 41.5 Å². The van der Waals surface area contributed by atoms with Crippen LogP contribution in [0.5, 0.6) is 0 Å². The predicted molar refractivity (Wildman–Crippen MR) is 89.2 cm³/mol. The van der Waals surface area contributed by atoms with Gasteiger partial charge in [0.25, 0.3) is 0 Å². The molecule has 0 aromatic rings. The van der Waals surface area contributed by atoms with Crippen molar-refractivity contribution in [1.82, 2.24) is 0 Å². The minimum atomic E-state index is -1.56. The van der Waals surface area contributed by atoms with Gasteiger partial charge < -0.3 is 32.4 Å². The van der Waals surface area contributed by atoms with Gasteiger partial charge in [0.1, 0.15) is 12.1 Å². The lowest BCUT2D eigenvalue weighted by molar-refractivity contribution is -0.165. The molecular weight excluding hydrogens is 380 g/mol. The van der Waals surface area contributed by atoms with E-state index in [9.17, 15) is 33.6 Å². The van der Waals surface area contributed by atoms with Crippen molar-refractivity contribution in [2.75, 3.05) is 0 Å². The fourth-order valence-electron chi connectivity index (χ4n) is 1.61. The van der Waals surface area contributed by atoms with Gasteiger partial charge in [-0.25, -0.2) is 14.4 Å². The van der Waals surface area contributed by atoms with Crippen LogP contribution in [0, 0.1) is 0 Å². The van der Waals surface area contributed by atoms with Crippen molar-refractivity contribution in [2.45, 2.75) is 50.6 Å². The van der Waals surface area contributed by atoms with Crippen molar-refractivity contribution in [1.29, 1.82) is 0 Å². The normalized spacial score (nSPS) is 12.4. The molecule has 0 bridgehead atoms. The van der Waals surface area contributed by atoms with E-state index in [0.717, 1.165) is 0 Å². The third-order valence-electron chi connectivity index (χ3n) is 3.20. The first-order valence-electron chi connectivity index (χ1n) is 8.05. The summed E-state index contributed by atoms with van der Waals surface area (Å²) in [5.74, 6) is -7.72. The number of ketones is 1. The number of rotatable bonds is 12. The Morgan fingerprint density at radius 3 is 1.50 bits per heavy atom. The number of amides is 2. The number of Topliss-reactive ketones (excluding diaryl/α,β-unsaturated/α-hetero) is 1. The molecule has 0 saturated carbocycles. The van der Waals surface area contributed by atoms with E-state index in [1.807, 2.05) is 0 Å². The summed E-state index contributed by atoms with van der Waals surface area (Å²) in [6, 6.07) is -2.61. The highest BCUT2D eigenvalue weighted by atomic mass is 16.6. The van der Waals surface area contributed by atoms with Crippen LogP contribution in [0.1, 0.15) is 38.5 Å². The molecule has 2 atom stereocenters. The molecule has 0 aliphatic rings. The van der Waals surface area contributed by atoms with Crippen LogP contribution in [0.3, 0.4) is 0 Å². The van der Waals surface area contributed by atoms with E-state index < -0.39 is 66.4 Å². The van der Waals surface area contributed by atoms with Crippen LogP contribution in [-0.4, -0.2) is 53.6 Å². The summed E-state index contributed by atoms with van der Waals surface area (Å²) in [5, 5.41) is 0. The molecule has 0 radical (unpaired) electrons. The first-order valence-corrected chi connectivity index (χ1v) is 8.05. The standard InChI is InChI=1S/C15H22N4O9/c16-7(1-4-10(18)21)13(24)27-12(23)6-3-9(20)15(26)28-14(25)8(17)2-5-11(19)22/h7-8H,1-6,16-17H2,(H2,18,21)(H2,19,22)/t7-,8-/m0/s1. The molecule has 156 valence electrons. The second-order valence-corrected chi connectivity index (χ2v) is 5.65. The third kappa shape index (κ3) is 10.7. The Balaban J connectivity index is 4.30. The van der Waals surface area contributed by atoms with E-state index >= 15 is 0 Å². The maximum atomic E-state index is 11.6. The molecule has 0 aromatic carbocycles. The average Bonchev–Trinajstić information content (AvgIpc) is 2.61. The highest BCUT2D eigenvalue weighted by molar-refractivity contribution is 6.35. The van der Waals surface area contributed by atoms with Gasteiger partial charge in [0, 0.05) is 19.3 Å². The van der Waals surface area contributed by atoms with Gasteiger partial charge >= 0.3 is 23.9 Å². The fraction of sp³-hybridized carbons (Fsp3) is 0.533. The van der Waals surface area contributed by atoms with Crippen LogP contribution in [-0.2, 0) is 43.0 Å².